The first-order valence-electron chi connectivity index (χ1n) is 8.91. The summed E-state index contributed by atoms with van der Waals surface area (Å²) in [4.78, 5) is 15.0. The maximum absolute atomic E-state index is 13.2. The number of anilines is 1. The fraction of sp³-hybridized carbons (Fsp3) is 0.350. The van der Waals surface area contributed by atoms with E-state index in [1.54, 1.807) is 23.1 Å². The second kappa shape index (κ2) is 7.70. The number of nitrogens with one attached hydrogen (secondary N) is 1. The SMILES string of the molecule is Cc1ccc(NS(C)(=O)=O)c(C(=O)N2C[C@@H](CN)[C@H](c3ccccc3)C2)c1. The highest BCUT2D eigenvalue weighted by molar-refractivity contribution is 7.92. The third-order valence-corrected chi connectivity index (χ3v) is 5.55. The molecule has 27 heavy (non-hydrogen) atoms. The average molecular weight is 388 g/mol. The van der Waals surface area contributed by atoms with E-state index >= 15 is 0 Å². The topological polar surface area (TPSA) is 92.5 Å². The van der Waals surface area contributed by atoms with E-state index in [-0.39, 0.29) is 17.7 Å². The molecule has 2 aromatic rings. The highest BCUT2D eigenvalue weighted by Crippen LogP contribution is 2.33. The number of nitrogens with zero attached hydrogens (tertiary/aromatic N) is 1. The maximum Gasteiger partial charge on any atom is 0.256 e. The fourth-order valence-electron chi connectivity index (χ4n) is 3.65. The quantitative estimate of drug-likeness (QED) is 0.822. The van der Waals surface area contributed by atoms with E-state index in [2.05, 4.69) is 16.9 Å². The molecule has 6 nitrogen and oxygen atoms in total. The second-order valence-electron chi connectivity index (χ2n) is 7.15. The van der Waals surface area contributed by atoms with Crippen molar-refractivity contribution in [1.29, 1.82) is 0 Å². The predicted molar refractivity (Wildman–Crippen MR) is 107 cm³/mol. The monoisotopic (exact) mass is 387 g/mol. The summed E-state index contributed by atoms with van der Waals surface area (Å²) in [6.45, 7) is 3.49. The number of hydrogen-bond acceptors (Lipinski definition) is 4. The van der Waals surface area contributed by atoms with Gasteiger partial charge in [-0.1, -0.05) is 42.0 Å². The third-order valence-electron chi connectivity index (χ3n) is 4.96. The summed E-state index contributed by atoms with van der Waals surface area (Å²) in [5.74, 6) is 0.172. The fourth-order valence-corrected chi connectivity index (χ4v) is 4.23. The Morgan fingerprint density at radius 3 is 2.52 bits per heavy atom. The van der Waals surface area contributed by atoms with Crippen molar-refractivity contribution in [3.05, 3.63) is 65.2 Å². The van der Waals surface area contributed by atoms with Crippen LogP contribution in [0, 0.1) is 12.8 Å². The molecule has 1 saturated heterocycles. The zero-order valence-corrected chi connectivity index (χ0v) is 16.4. The molecule has 2 atom stereocenters. The average Bonchev–Trinajstić information content (AvgIpc) is 3.06. The second-order valence-corrected chi connectivity index (χ2v) is 8.89. The van der Waals surface area contributed by atoms with Crippen LogP contribution in [0.5, 0.6) is 0 Å². The van der Waals surface area contributed by atoms with Gasteiger partial charge in [0.05, 0.1) is 17.5 Å². The molecule has 0 unspecified atom stereocenters. The summed E-state index contributed by atoms with van der Waals surface area (Å²) in [7, 11) is -3.48. The zero-order valence-electron chi connectivity index (χ0n) is 15.6. The van der Waals surface area contributed by atoms with Gasteiger partial charge >= 0.3 is 0 Å². The molecule has 1 fully saturated rings. The molecule has 1 heterocycles. The van der Waals surface area contributed by atoms with Crippen LogP contribution in [0.2, 0.25) is 0 Å². The summed E-state index contributed by atoms with van der Waals surface area (Å²) < 4.78 is 25.8. The Hall–Kier alpha value is -2.38. The zero-order chi connectivity index (χ0) is 19.6. The number of hydrogen-bond donors (Lipinski definition) is 2. The van der Waals surface area contributed by atoms with E-state index in [4.69, 9.17) is 5.73 Å². The van der Waals surface area contributed by atoms with E-state index in [1.807, 2.05) is 25.1 Å². The molecular weight excluding hydrogens is 362 g/mol. The molecule has 0 aromatic heterocycles. The van der Waals surface area contributed by atoms with Gasteiger partial charge in [0.2, 0.25) is 10.0 Å². The molecule has 144 valence electrons. The van der Waals surface area contributed by atoms with Crippen molar-refractivity contribution in [3.8, 4) is 0 Å². The van der Waals surface area contributed by atoms with E-state index in [0.717, 1.165) is 11.8 Å². The Kier molecular flexibility index (Phi) is 5.53. The van der Waals surface area contributed by atoms with Crippen LogP contribution in [0.15, 0.2) is 48.5 Å². The molecule has 1 amide bonds. The lowest BCUT2D eigenvalue weighted by atomic mass is 9.89. The van der Waals surface area contributed by atoms with Crippen molar-refractivity contribution in [2.45, 2.75) is 12.8 Å². The number of carbonyl (C=O) groups excluding carboxylic acids is 1. The van der Waals surface area contributed by atoms with E-state index in [9.17, 15) is 13.2 Å². The van der Waals surface area contributed by atoms with Crippen LogP contribution >= 0.6 is 0 Å². The molecule has 0 aliphatic carbocycles. The van der Waals surface area contributed by atoms with Crippen LogP contribution in [-0.4, -0.2) is 45.1 Å². The van der Waals surface area contributed by atoms with Crippen molar-refractivity contribution in [2.24, 2.45) is 11.7 Å². The Morgan fingerprint density at radius 2 is 1.89 bits per heavy atom. The number of nitrogens with two attached hydrogens (primary N) is 1. The molecule has 0 spiro atoms. The molecule has 0 saturated carbocycles. The lowest BCUT2D eigenvalue weighted by Crippen LogP contribution is -2.30. The number of sulfonamides is 1. The van der Waals surface area contributed by atoms with Crippen LogP contribution in [0.4, 0.5) is 5.69 Å². The lowest BCUT2D eigenvalue weighted by molar-refractivity contribution is 0.0787. The van der Waals surface area contributed by atoms with Gasteiger partial charge in [-0.25, -0.2) is 8.42 Å². The van der Waals surface area contributed by atoms with Gasteiger partial charge in [-0.3, -0.25) is 9.52 Å². The summed E-state index contributed by atoms with van der Waals surface area (Å²) in [5, 5.41) is 0. The molecule has 1 aliphatic rings. The Labute approximate surface area is 160 Å². The molecule has 3 rings (SSSR count). The first-order valence-corrected chi connectivity index (χ1v) is 10.8. The van der Waals surface area contributed by atoms with Crippen molar-refractivity contribution < 1.29 is 13.2 Å². The van der Waals surface area contributed by atoms with Crippen LogP contribution < -0.4 is 10.5 Å². The minimum absolute atomic E-state index is 0.174. The molecule has 0 bridgehead atoms. The molecular formula is C20H25N3O3S. The van der Waals surface area contributed by atoms with Crippen LogP contribution in [-0.2, 0) is 10.0 Å². The van der Waals surface area contributed by atoms with E-state index in [0.29, 0.717) is 30.9 Å². The van der Waals surface area contributed by atoms with Gasteiger partial charge in [0.1, 0.15) is 0 Å². The van der Waals surface area contributed by atoms with Gasteiger partial charge in [0, 0.05) is 19.0 Å². The summed E-state index contributed by atoms with van der Waals surface area (Å²) in [6.07, 6.45) is 1.08. The number of carbonyl (C=O) groups is 1. The van der Waals surface area contributed by atoms with Crippen molar-refractivity contribution >= 4 is 21.6 Å². The van der Waals surface area contributed by atoms with E-state index < -0.39 is 10.0 Å². The Morgan fingerprint density at radius 1 is 1.19 bits per heavy atom. The number of benzene rings is 2. The maximum atomic E-state index is 13.2. The predicted octanol–water partition coefficient (Wildman–Crippen LogP) is 2.18. The van der Waals surface area contributed by atoms with Gasteiger partial charge in [0.15, 0.2) is 0 Å². The van der Waals surface area contributed by atoms with Crippen molar-refractivity contribution in [1.82, 2.24) is 4.90 Å². The normalized spacial score (nSPS) is 19.9. The number of amides is 1. The Balaban J connectivity index is 1.89. The van der Waals surface area contributed by atoms with Crippen molar-refractivity contribution in [3.63, 3.8) is 0 Å². The highest BCUT2D eigenvalue weighted by atomic mass is 32.2. The van der Waals surface area contributed by atoms with Gasteiger partial charge in [0.25, 0.3) is 5.91 Å². The molecule has 1 aliphatic heterocycles. The highest BCUT2D eigenvalue weighted by Gasteiger charge is 2.36. The number of rotatable bonds is 5. The number of likely N-dealkylation sites (tertiary alicyclic amines) is 1. The van der Waals surface area contributed by atoms with E-state index in [1.165, 1.54) is 5.56 Å². The van der Waals surface area contributed by atoms with Gasteiger partial charge in [-0.05, 0) is 37.1 Å². The molecule has 0 radical (unpaired) electrons. The third kappa shape index (κ3) is 4.48. The first kappa shape index (κ1) is 19.4. The smallest absolute Gasteiger partial charge is 0.256 e. The van der Waals surface area contributed by atoms with Crippen LogP contribution in [0.1, 0.15) is 27.4 Å². The van der Waals surface area contributed by atoms with Crippen LogP contribution in [0.25, 0.3) is 0 Å². The molecule has 2 aromatic carbocycles. The number of aryl methyl sites for hydroxylation is 1. The minimum atomic E-state index is -3.48. The standard InChI is InChI=1S/C20H25N3O3S/c1-14-8-9-19(22-27(2,25)26)17(10-14)20(24)23-12-16(11-21)18(13-23)15-6-4-3-5-7-15/h3-10,16,18,22H,11-13,21H2,1-2H3/t16-,18+/m1/s1. The van der Waals surface area contributed by atoms with Crippen molar-refractivity contribution in [2.75, 3.05) is 30.6 Å². The summed E-state index contributed by atoms with van der Waals surface area (Å²) in [6, 6.07) is 15.2. The Bertz CT molecular complexity index is 929. The molecule has 7 heteroatoms. The minimum Gasteiger partial charge on any atom is -0.338 e. The molecule has 3 N–H and O–H groups in total. The van der Waals surface area contributed by atoms with Gasteiger partial charge in [-0.15, -0.1) is 0 Å². The lowest BCUT2D eigenvalue weighted by Gasteiger charge is -2.19. The summed E-state index contributed by atoms with van der Waals surface area (Å²) >= 11 is 0. The van der Waals surface area contributed by atoms with Gasteiger partial charge in [-0.2, -0.15) is 0 Å². The first-order chi connectivity index (χ1) is 12.8. The van der Waals surface area contributed by atoms with Gasteiger partial charge < -0.3 is 10.6 Å². The van der Waals surface area contributed by atoms with Crippen LogP contribution in [0.3, 0.4) is 0 Å². The summed E-state index contributed by atoms with van der Waals surface area (Å²) in [5.41, 5.74) is 8.71. The largest absolute Gasteiger partial charge is 0.338 e.